The van der Waals surface area contributed by atoms with E-state index in [-0.39, 0.29) is 11.4 Å². The highest BCUT2D eigenvalue weighted by atomic mass is 35.5. The first-order valence-electron chi connectivity index (χ1n) is 7.46. The van der Waals surface area contributed by atoms with Crippen molar-refractivity contribution in [3.05, 3.63) is 52.1 Å². The number of hydrogen-bond acceptors (Lipinski definition) is 5. The van der Waals surface area contributed by atoms with Gasteiger partial charge >= 0.3 is 5.97 Å². The van der Waals surface area contributed by atoms with Crippen molar-refractivity contribution in [2.24, 2.45) is 0 Å². The largest absolute Gasteiger partial charge is 0.477 e. The van der Waals surface area contributed by atoms with Gasteiger partial charge in [0.25, 0.3) is 5.91 Å². The van der Waals surface area contributed by atoms with E-state index in [1.165, 1.54) is 31.3 Å². The molecule has 0 saturated heterocycles. The molecule has 1 aromatic carbocycles. The molecule has 1 aromatic heterocycles. The molecule has 2 aromatic rings. The van der Waals surface area contributed by atoms with Crippen molar-refractivity contribution in [3.8, 4) is 5.88 Å². The van der Waals surface area contributed by atoms with Crippen LogP contribution in [0.3, 0.4) is 0 Å². The van der Waals surface area contributed by atoms with Crippen LogP contribution < -0.4 is 10.1 Å². The molecule has 6 nitrogen and oxygen atoms in total. The van der Waals surface area contributed by atoms with Crippen molar-refractivity contribution in [3.63, 3.8) is 0 Å². The molecule has 0 spiro atoms. The normalized spacial score (nSPS) is 11.5. The van der Waals surface area contributed by atoms with Gasteiger partial charge in [-0.15, -0.1) is 0 Å². The number of hydrogen-bond donors (Lipinski definition) is 1. The number of pyridine rings is 1. The lowest BCUT2D eigenvalue weighted by Gasteiger charge is -2.15. The first kappa shape index (κ1) is 19.0. The van der Waals surface area contributed by atoms with Crippen molar-refractivity contribution in [1.82, 2.24) is 4.98 Å². The van der Waals surface area contributed by atoms with Gasteiger partial charge in [0.15, 0.2) is 6.10 Å². The van der Waals surface area contributed by atoms with E-state index >= 15 is 0 Å². The number of anilines is 1. The van der Waals surface area contributed by atoms with E-state index in [0.717, 1.165) is 0 Å². The molecule has 0 unspecified atom stereocenters. The minimum Gasteiger partial charge on any atom is -0.477 e. The van der Waals surface area contributed by atoms with Crippen LogP contribution in [0.2, 0.25) is 10.0 Å². The van der Waals surface area contributed by atoms with E-state index in [0.29, 0.717) is 22.3 Å². The summed E-state index contributed by atoms with van der Waals surface area (Å²) >= 11 is 11.8. The summed E-state index contributed by atoms with van der Waals surface area (Å²) in [5, 5.41) is 3.35. The smallest absolute Gasteiger partial charge is 0.344 e. The minimum absolute atomic E-state index is 0.148. The van der Waals surface area contributed by atoms with Gasteiger partial charge in [0.1, 0.15) is 5.56 Å². The van der Waals surface area contributed by atoms with Crippen molar-refractivity contribution in [2.45, 2.75) is 20.0 Å². The third-order valence-corrected chi connectivity index (χ3v) is 3.49. The molecule has 2 rings (SSSR count). The topological polar surface area (TPSA) is 77.5 Å². The van der Waals surface area contributed by atoms with Crippen LogP contribution in [0, 0.1) is 0 Å². The lowest BCUT2D eigenvalue weighted by molar-refractivity contribution is -0.123. The fraction of sp³-hybridized carbons (Fsp3) is 0.235. The first-order chi connectivity index (χ1) is 11.9. The second-order valence-electron chi connectivity index (χ2n) is 4.98. The first-order valence-corrected chi connectivity index (χ1v) is 8.22. The molecule has 0 bridgehead atoms. The van der Waals surface area contributed by atoms with Crippen LogP contribution in [0.4, 0.5) is 5.69 Å². The highest BCUT2D eigenvalue weighted by molar-refractivity contribution is 6.35. The summed E-state index contributed by atoms with van der Waals surface area (Å²) in [6.07, 6.45) is 0.459. The van der Waals surface area contributed by atoms with E-state index in [2.05, 4.69) is 10.3 Å². The van der Waals surface area contributed by atoms with Crippen LogP contribution >= 0.6 is 23.2 Å². The molecule has 0 aliphatic carbocycles. The van der Waals surface area contributed by atoms with Gasteiger partial charge in [-0.1, -0.05) is 23.2 Å². The van der Waals surface area contributed by atoms with Crippen molar-refractivity contribution in [2.75, 3.05) is 11.9 Å². The quantitative estimate of drug-likeness (QED) is 0.764. The van der Waals surface area contributed by atoms with E-state index < -0.39 is 18.0 Å². The number of nitrogens with one attached hydrogen (secondary N) is 1. The van der Waals surface area contributed by atoms with Crippen molar-refractivity contribution >= 4 is 40.8 Å². The fourth-order valence-corrected chi connectivity index (χ4v) is 2.47. The molecule has 1 N–H and O–H groups in total. The van der Waals surface area contributed by atoms with Gasteiger partial charge < -0.3 is 14.8 Å². The van der Waals surface area contributed by atoms with Crippen molar-refractivity contribution in [1.29, 1.82) is 0 Å². The Balaban J connectivity index is 2.04. The Hall–Kier alpha value is -2.31. The molecule has 0 fully saturated rings. The molecule has 1 heterocycles. The van der Waals surface area contributed by atoms with Crippen molar-refractivity contribution < 1.29 is 19.1 Å². The summed E-state index contributed by atoms with van der Waals surface area (Å²) in [6, 6.07) is 7.71. The number of ether oxygens (including phenoxy) is 2. The molecule has 0 aliphatic rings. The lowest BCUT2D eigenvalue weighted by Crippen LogP contribution is -2.30. The van der Waals surface area contributed by atoms with Gasteiger partial charge in [0, 0.05) is 21.9 Å². The van der Waals surface area contributed by atoms with Crippen LogP contribution in [-0.4, -0.2) is 29.6 Å². The SMILES string of the molecule is CCOc1ncccc1C(=O)O[C@@H](C)C(=O)Nc1cc(Cl)cc(Cl)c1. The third kappa shape index (κ3) is 5.34. The fourth-order valence-electron chi connectivity index (χ4n) is 1.95. The predicted octanol–water partition coefficient (Wildman–Crippen LogP) is 3.97. The van der Waals surface area contributed by atoms with Gasteiger partial charge in [-0.25, -0.2) is 9.78 Å². The molecule has 1 atom stereocenters. The standard InChI is InChI=1S/C17H16Cl2N2O4/c1-3-24-16-14(5-4-6-20-16)17(23)25-10(2)15(22)21-13-8-11(18)7-12(19)9-13/h4-10H,3H2,1-2H3,(H,21,22)/t10-/m0/s1. The molecule has 0 radical (unpaired) electrons. The summed E-state index contributed by atoms with van der Waals surface area (Å²) in [4.78, 5) is 28.4. The van der Waals surface area contributed by atoms with E-state index in [1.807, 2.05) is 0 Å². The van der Waals surface area contributed by atoms with E-state index in [4.69, 9.17) is 32.7 Å². The number of amides is 1. The molecule has 1 amide bonds. The number of benzene rings is 1. The second-order valence-corrected chi connectivity index (χ2v) is 5.86. The molecule has 0 saturated carbocycles. The predicted molar refractivity (Wildman–Crippen MR) is 95.4 cm³/mol. The Kier molecular flexibility index (Phi) is 6.61. The van der Waals surface area contributed by atoms with Gasteiger partial charge in [0.05, 0.1) is 6.61 Å². The third-order valence-electron chi connectivity index (χ3n) is 3.06. The number of carbonyl (C=O) groups is 2. The Morgan fingerprint density at radius 2 is 1.92 bits per heavy atom. The van der Waals surface area contributed by atoms with Crippen LogP contribution in [0.1, 0.15) is 24.2 Å². The maximum Gasteiger partial charge on any atom is 0.344 e. The Morgan fingerprint density at radius 3 is 2.56 bits per heavy atom. The number of nitrogens with zero attached hydrogens (tertiary/aromatic N) is 1. The van der Waals surface area contributed by atoms with Crippen LogP contribution in [0.5, 0.6) is 5.88 Å². The lowest BCUT2D eigenvalue weighted by atomic mass is 10.2. The summed E-state index contributed by atoms with van der Waals surface area (Å²) in [7, 11) is 0. The zero-order valence-electron chi connectivity index (χ0n) is 13.6. The van der Waals surface area contributed by atoms with Gasteiger partial charge in [-0.05, 0) is 44.2 Å². The Labute approximate surface area is 155 Å². The minimum atomic E-state index is -1.04. The number of esters is 1. The Bertz CT molecular complexity index is 763. The molecule has 132 valence electrons. The van der Waals surface area contributed by atoms with Gasteiger partial charge in [-0.2, -0.15) is 0 Å². The monoisotopic (exact) mass is 382 g/mol. The van der Waals surface area contributed by atoms with Gasteiger partial charge in [-0.3, -0.25) is 4.79 Å². The van der Waals surface area contributed by atoms with E-state index in [9.17, 15) is 9.59 Å². The molecular formula is C17H16Cl2N2O4. The number of carbonyl (C=O) groups excluding carboxylic acids is 2. The number of aromatic nitrogens is 1. The second kappa shape index (κ2) is 8.69. The average molecular weight is 383 g/mol. The summed E-state index contributed by atoms with van der Waals surface area (Å²) in [5.74, 6) is -1.07. The molecular weight excluding hydrogens is 367 g/mol. The number of rotatable bonds is 6. The summed E-state index contributed by atoms with van der Waals surface area (Å²) in [5.41, 5.74) is 0.552. The Morgan fingerprint density at radius 1 is 1.24 bits per heavy atom. The molecule has 0 aliphatic heterocycles. The zero-order valence-corrected chi connectivity index (χ0v) is 15.1. The van der Waals surface area contributed by atoms with Crippen LogP contribution in [-0.2, 0) is 9.53 Å². The van der Waals surface area contributed by atoms with E-state index in [1.54, 1.807) is 19.1 Å². The van der Waals surface area contributed by atoms with Crippen LogP contribution in [0.25, 0.3) is 0 Å². The highest BCUT2D eigenvalue weighted by Gasteiger charge is 2.22. The molecule has 8 heteroatoms. The van der Waals surface area contributed by atoms with Gasteiger partial charge in [0.2, 0.25) is 5.88 Å². The number of halogens is 2. The highest BCUT2D eigenvalue weighted by Crippen LogP contribution is 2.23. The average Bonchev–Trinajstić information content (AvgIpc) is 2.54. The maximum atomic E-state index is 12.3. The summed E-state index contributed by atoms with van der Waals surface area (Å²) < 4.78 is 10.5. The molecule has 25 heavy (non-hydrogen) atoms. The summed E-state index contributed by atoms with van der Waals surface area (Å²) in [6.45, 7) is 3.58. The maximum absolute atomic E-state index is 12.3. The van der Waals surface area contributed by atoms with Crippen LogP contribution in [0.15, 0.2) is 36.5 Å². The zero-order chi connectivity index (χ0) is 18.4.